The zero-order chi connectivity index (χ0) is 15.5. The van der Waals surface area contributed by atoms with Crippen molar-refractivity contribution in [3.63, 3.8) is 0 Å². The monoisotopic (exact) mass is 292 g/mol. The Morgan fingerprint density at radius 3 is 2.50 bits per heavy atom. The van der Waals surface area contributed by atoms with Crippen LogP contribution in [0, 0.1) is 10.1 Å². The van der Waals surface area contributed by atoms with Gasteiger partial charge in [-0.05, 0) is 19.4 Å². The molecule has 1 rings (SSSR count). The zero-order valence-corrected chi connectivity index (χ0v) is 11.0. The maximum atomic E-state index is 13.0. The van der Waals surface area contributed by atoms with Crippen LogP contribution in [0.15, 0.2) is 18.2 Å². The van der Waals surface area contributed by atoms with E-state index in [4.69, 9.17) is 5.11 Å². The van der Waals surface area contributed by atoms with Gasteiger partial charge in [0.15, 0.2) is 0 Å². The Bertz CT molecular complexity index is 489. The van der Waals surface area contributed by atoms with Gasteiger partial charge >= 0.3 is 6.18 Å². The van der Waals surface area contributed by atoms with E-state index < -0.39 is 28.5 Å². The first kappa shape index (κ1) is 16.2. The van der Waals surface area contributed by atoms with E-state index in [1.807, 2.05) is 0 Å². The molecule has 0 fully saturated rings. The summed E-state index contributed by atoms with van der Waals surface area (Å²) in [6.07, 6.45) is -5.02. The van der Waals surface area contributed by atoms with Crippen molar-refractivity contribution in [2.75, 3.05) is 18.5 Å². The maximum Gasteiger partial charge on any atom is 0.418 e. The standard InChI is InChI=1S/C12H15F3N2O3/c1-8(18)5-6-16(2)11-4-3-9(17(19)20)7-10(11)12(13,14)15/h3-4,7-8,18H,5-6H2,1-2H3. The summed E-state index contributed by atoms with van der Waals surface area (Å²) in [4.78, 5) is 11.0. The number of benzene rings is 1. The van der Waals surface area contributed by atoms with Crippen LogP contribution >= 0.6 is 0 Å². The fraction of sp³-hybridized carbons (Fsp3) is 0.500. The molecule has 1 aromatic rings. The number of alkyl halides is 3. The fourth-order valence-electron chi connectivity index (χ4n) is 1.70. The van der Waals surface area contributed by atoms with Gasteiger partial charge in [0.05, 0.1) is 16.6 Å². The van der Waals surface area contributed by atoms with Crippen LogP contribution < -0.4 is 4.90 Å². The van der Waals surface area contributed by atoms with E-state index in [1.165, 1.54) is 18.9 Å². The van der Waals surface area contributed by atoms with Crippen LogP contribution in [0.5, 0.6) is 0 Å². The molecule has 0 aliphatic heterocycles. The molecule has 0 radical (unpaired) electrons. The summed E-state index contributed by atoms with van der Waals surface area (Å²) in [6.45, 7) is 1.74. The zero-order valence-electron chi connectivity index (χ0n) is 11.0. The highest BCUT2D eigenvalue weighted by molar-refractivity contribution is 5.58. The minimum absolute atomic E-state index is 0.149. The highest BCUT2D eigenvalue weighted by Crippen LogP contribution is 2.38. The Morgan fingerprint density at radius 1 is 1.45 bits per heavy atom. The Balaban J connectivity index is 3.15. The Hall–Kier alpha value is -1.83. The van der Waals surface area contributed by atoms with Crippen molar-refractivity contribution in [1.29, 1.82) is 0 Å². The number of nitro groups is 1. The van der Waals surface area contributed by atoms with E-state index in [2.05, 4.69) is 0 Å². The van der Waals surface area contributed by atoms with Crippen molar-refractivity contribution in [3.8, 4) is 0 Å². The predicted octanol–water partition coefficient (Wildman–Crippen LogP) is 2.82. The van der Waals surface area contributed by atoms with E-state index in [1.54, 1.807) is 0 Å². The molecule has 112 valence electrons. The summed E-state index contributed by atoms with van der Waals surface area (Å²) >= 11 is 0. The van der Waals surface area contributed by atoms with Gasteiger partial charge in [0.25, 0.3) is 5.69 Å². The first-order chi connectivity index (χ1) is 9.12. The van der Waals surface area contributed by atoms with Crippen LogP contribution in [-0.4, -0.2) is 29.7 Å². The molecule has 0 aliphatic rings. The number of anilines is 1. The first-order valence-electron chi connectivity index (χ1n) is 5.87. The molecule has 1 N–H and O–H groups in total. The minimum Gasteiger partial charge on any atom is -0.393 e. The molecule has 0 bridgehead atoms. The Labute approximate surface area is 113 Å². The highest BCUT2D eigenvalue weighted by atomic mass is 19.4. The molecule has 1 atom stereocenters. The number of non-ortho nitro benzene ring substituents is 1. The summed E-state index contributed by atoms with van der Waals surface area (Å²) in [5, 5.41) is 19.7. The van der Waals surface area contributed by atoms with Crippen LogP contribution in [0.2, 0.25) is 0 Å². The topological polar surface area (TPSA) is 66.6 Å². The molecule has 0 aliphatic carbocycles. The van der Waals surface area contributed by atoms with Gasteiger partial charge < -0.3 is 10.0 Å². The molecule has 20 heavy (non-hydrogen) atoms. The van der Waals surface area contributed by atoms with Gasteiger partial charge in [0, 0.05) is 31.4 Å². The molecule has 0 spiro atoms. The average Bonchev–Trinajstić information content (AvgIpc) is 2.34. The van der Waals surface area contributed by atoms with Crippen molar-refractivity contribution in [2.24, 2.45) is 0 Å². The minimum atomic E-state index is -4.68. The SMILES string of the molecule is CC(O)CCN(C)c1ccc([N+](=O)[O-])cc1C(F)(F)F. The lowest BCUT2D eigenvalue weighted by molar-refractivity contribution is -0.385. The smallest absolute Gasteiger partial charge is 0.393 e. The summed E-state index contributed by atoms with van der Waals surface area (Å²) < 4.78 is 38.9. The average molecular weight is 292 g/mol. The van der Waals surface area contributed by atoms with Crippen LogP contribution in [0.1, 0.15) is 18.9 Å². The lowest BCUT2D eigenvalue weighted by Gasteiger charge is -2.23. The molecule has 0 aromatic heterocycles. The molecule has 0 saturated heterocycles. The number of rotatable bonds is 5. The summed E-state index contributed by atoms with van der Waals surface area (Å²) in [5.74, 6) is 0. The third kappa shape index (κ3) is 4.09. The van der Waals surface area contributed by atoms with Crippen molar-refractivity contribution < 1.29 is 23.2 Å². The molecule has 1 aromatic carbocycles. The third-order valence-electron chi connectivity index (χ3n) is 2.79. The summed E-state index contributed by atoms with van der Waals surface area (Å²) in [7, 11) is 1.44. The number of halogens is 3. The maximum absolute atomic E-state index is 13.0. The molecule has 0 saturated carbocycles. The first-order valence-corrected chi connectivity index (χ1v) is 5.87. The summed E-state index contributed by atoms with van der Waals surface area (Å²) in [5.41, 5.74) is -1.81. The normalized spacial score (nSPS) is 13.1. The van der Waals surface area contributed by atoms with E-state index >= 15 is 0 Å². The van der Waals surface area contributed by atoms with E-state index in [0.717, 1.165) is 12.1 Å². The molecule has 0 amide bonds. The fourth-order valence-corrected chi connectivity index (χ4v) is 1.70. The van der Waals surface area contributed by atoms with Gasteiger partial charge in [-0.2, -0.15) is 13.2 Å². The second-order valence-corrected chi connectivity index (χ2v) is 4.52. The molecule has 0 heterocycles. The van der Waals surface area contributed by atoms with Crippen molar-refractivity contribution in [1.82, 2.24) is 0 Å². The lowest BCUT2D eigenvalue weighted by Crippen LogP contribution is -2.24. The number of hydrogen-bond acceptors (Lipinski definition) is 4. The molecular weight excluding hydrogens is 277 g/mol. The van der Waals surface area contributed by atoms with Crippen LogP contribution in [0.4, 0.5) is 24.5 Å². The summed E-state index contributed by atoms with van der Waals surface area (Å²) in [6, 6.07) is 2.63. The number of aliphatic hydroxyl groups is 1. The highest BCUT2D eigenvalue weighted by Gasteiger charge is 2.36. The predicted molar refractivity (Wildman–Crippen MR) is 67.7 cm³/mol. The van der Waals surface area contributed by atoms with E-state index in [9.17, 15) is 23.3 Å². The largest absolute Gasteiger partial charge is 0.418 e. The van der Waals surface area contributed by atoms with E-state index in [-0.39, 0.29) is 12.2 Å². The Kier molecular flexibility index (Phi) is 4.93. The van der Waals surface area contributed by atoms with Gasteiger partial charge in [-0.25, -0.2) is 0 Å². The van der Waals surface area contributed by atoms with Crippen LogP contribution in [0.25, 0.3) is 0 Å². The Morgan fingerprint density at radius 2 is 2.05 bits per heavy atom. The number of nitro benzene ring substituents is 1. The quantitative estimate of drug-likeness (QED) is 0.669. The number of hydrogen-bond donors (Lipinski definition) is 1. The molecule has 8 heteroatoms. The number of aliphatic hydroxyl groups excluding tert-OH is 1. The third-order valence-corrected chi connectivity index (χ3v) is 2.79. The van der Waals surface area contributed by atoms with Crippen LogP contribution in [0.3, 0.4) is 0 Å². The van der Waals surface area contributed by atoms with Gasteiger partial charge in [0.2, 0.25) is 0 Å². The van der Waals surface area contributed by atoms with Gasteiger partial charge in [-0.3, -0.25) is 10.1 Å². The van der Waals surface area contributed by atoms with Gasteiger partial charge in [-0.15, -0.1) is 0 Å². The van der Waals surface area contributed by atoms with Gasteiger partial charge in [-0.1, -0.05) is 0 Å². The van der Waals surface area contributed by atoms with Crippen LogP contribution in [-0.2, 0) is 6.18 Å². The molecule has 5 nitrogen and oxygen atoms in total. The molecular formula is C12H15F3N2O3. The second-order valence-electron chi connectivity index (χ2n) is 4.52. The van der Waals surface area contributed by atoms with E-state index in [0.29, 0.717) is 12.5 Å². The number of nitrogens with zero attached hydrogens (tertiary/aromatic N) is 2. The lowest BCUT2D eigenvalue weighted by atomic mass is 10.1. The van der Waals surface area contributed by atoms with Crippen molar-refractivity contribution in [2.45, 2.75) is 25.6 Å². The second kappa shape index (κ2) is 6.08. The van der Waals surface area contributed by atoms with Crippen molar-refractivity contribution in [3.05, 3.63) is 33.9 Å². The van der Waals surface area contributed by atoms with Gasteiger partial charge in [0.1, 0.15) is 0 Å². The molecule has 1 unspecified atom stereocenters. The van der Waals surface area contributed by atoms with Crippen molar-refractivity contribution >= 4 is 11.4 Å².